The van der Waals surface area contributed by atoms with Crippen LogP contribution in [0.5, 0.6) is 11.5 Å². The van der Waals surface area contributed by atoms with Crippen LogP contribution >= 0.6 is 11.6 Å². The lowest BCUT2D eigenvalue weighted by Crippen LogP contribution is -1.94. The predicted molar refractivity (Wildman–Crippen MR) is 78.1 cm³/mol. The Hall–Kier alpha value is -1.51. The Balaban J connectivity index is 2.29. The first kappa shape index (κ1) is 13.9. The van der Waals surface area contributed by atoms with Crippen molar-refractivity contribution in [3.8, 4) is 11.5 Å². The minimum absolute atomic E-state index is 0.512. The highest BCUT2D eigenvalue weighted by Gasteiger charge is 2.09. The van der Waals surface area contributed by atoms with Gasteiger partial charge in [0.1, 0.15) is 11.5 Å². The van der Waals surface area contributed by atoms with E-state index in [1.54, 1.807) is 19.1 Å². The lowest BCUT2D eigenvalue weighted by atomic mass is 10.1. The SMILES string of the molecule is Cc1cccc(Oc2ccc(C(C)O)c(Cl)c2)c1C. The fraction of sp³-hybridized carbons (Fsp3) is 0.250. The van der Waals surface area contributed by atoms with Gasteiger partial charge in [0.15, 0.2) is 0 Å². The van der Waals surface area contributed by atoms with Crippen LogP contribution in [0.15, 0.2) is 36.4 Å². The molecule has 0 aliphatic rings. The van der Waals surface area contributed by atoms with Crippen LogP contribution in [0.3, 0.4) is 0 Å². The van der Waals surface area contributed by atoms with Crippen LogP contribution in [0.25, 0.3) is 0 Å². The van der Waals surface area contributed by atoms with Crippen molar-refractivity contribution in [2.24, 2.45) is 0 Å². The van der Waals surface area contributed by atoms with Crippen molar-refractivity contribution in [1.82, 2.24) is 0 Å². The van der Waals surface area contributed by atoms with E-state index in [1.807, 2.05) is 38.1 Å². The van der Waals surface area contributed by atoms with E-state index in [9.17, 15) is 5.11 Å². The van der Waals surface area contributed by atoms with Crippen LogP contribution in [0.1, 0.15) is 29.7 Å². The van der Waals surface area contributed by atoms with Gasteiger partial charge in [0.25, 0.3) is 0 Å². The Bertz CT molecular complexity index is 591. The highest BCUT2D eigenvalue weighted by molar-refractivity contribution is 6.31. The molecule has 0 saturated carbocycles. The molecule has 100 valence electrons. The van der Waals surface area contributed by atoms with Gasteiger partial charge in [-0.2, -0.15) is 0 Å². The molecule has 0 aliphatic heterocycles. The van der Waals surface area contributed by atoms with Gasteiger partial charge < -0.3 is 9.84 Å². The van der Waals surface area contributed by atoms with E-state index in [0.717, 1.165) is 11.3 Å². The van der Waals surface area contributed by atoms with Gasteiger partial charge in [0.05, 0.1) is 11.1 Å². The summed E-state index contributed by atoms with van der Waals surface area (Å²) in [5, 5.41) is 10.1. The van der Waals surface area contributed by atoms with Gasteiger partial charge in [-0.3, -0.25) is 0 Å². The maximum absolute atomic E-state index is 9.54. The quantitative estimate of drug-likeness (QED) is 0.872. The number of rotatable bonds is 3. The third kappa shape index (κ3) is 3.09. The number of aliphatic hydroxyl groups is 1. The largest absolute Gasteiger partial charge is 0.457 e. The first-order chi connectivity index (χ1) is 8.99. The monoisotopic (exact) mass is 276 g/mol. The summed E-state index contributed by atoms with van der Waals surface area (Å²) in [6.45, 7) is 5.76. The number of benzene rings is 2. The minimum Gasteiger partial charge on any atom is -0.457 e. The molecular formula is C16H17ClO2. The molecular weight excluding hydrogens is 260 g/mol. The van der Waals surface area contributed by atoms with Crippen molar-refractivity contribution >= 4 is 11.6 Å². The van der Waals surface area contributed by atoms with Crippen LogP contribution in [0.2, 0.25) is 5.02 Å². The van der Waals surface area contributed by atoms with Gasteiger partial charge in [-0.15, -0.1) is 0 Å². The summed E-state index contributed by atoms with van der Waals surface area (Å²) in [5.41, 5.74) is 3.00. The summed E-state index contributed by atoms with van der Waals surface area (Å²) < 4.78 is 5.84. The molecule has 1 N–H and O–H groups in total. The molecule has 0 amide bonds. The van der Waals surface area contributed by atoms with E-state index >= 15 is 0 Å². The molecule has 2 aromatic rings. The zero-order valence-corrected chi connectivity index (χ0v) is 12.0. The maximum Gasteiger partial charge on any atom is 0.130 e. The van der Waals surface area contributed by atoms with Crippen LogP contribution in [0, 0.1) is 13.8 Å². The number of hydrogen-bond donors (Lipinski definition) is 1. The fourth-order valence-corrected chi connectivity index (χ4v) is 2.20. The third-order valence-electron chi connectivity index (χ3n) is 3.20. The summed E-state index contributed by atoms with van der Waals surface area (Å²) in [6, 6.07) is 11.3. The Morgan fingerprint density at radius 3 is 2.53 bits per heavy atom. The summed E-state index contributed by atoms with van der Waals surface area (Å²) in [4.78, 5) is 0. The average molecular weight is 277 g/mol. The van der Waals surface area contributed by atoms with E-state index in [1.165, 1.54) is 5.56 Å². The highest BCUT2D eigenvalue weighted by atomic mass is 35.5. The summed E-state index contributed by atoms with van der Waals surface area (Å²) >= 11 is 6.12. The Labute approximate surface area is 118 Å². The lowest BCUT2D eigenvalue weighted by molar-refractivity contribution is 0.199. The molecule has 0 saturated heterocycles. The third-order valence-corrected chi connectivity index (χ3v) is 3.53. The Kier molecular flexibility index (Phi) is 4.13. The van der Waals surface area contributed by atoms with E-state index in [4.69, 9.17) is 16.3 Å². The van der Waals surface area contributed by atoms with E-state index in [-0.39, 0.29) is 0 Å². The number of aliphatic hydroxyl groups excluding tert-OH is 1. The van der Waals surface area contributed by atoms with Crippen LogP contribution in [0.4, 0.5) is 0 Å². The minimum atomic E-state index is -0.581. The van der Waals surface area contributed by atoms with E-state index < -0.39 is 6.10 Å². The average Bonchev–Trinajstić information content (AvgIpc) is 2.34. The van der Waals surface area contributed by atoms with Crippen molar-refractivity contribution in [3.05, 3.63) is 58.1 Å². The first-order valence-corrected chi connectivity index (χ1v) is 6.58. The Morgan fingerprint density at radius 2 is 1.89 bits per heavy atom. The van der Waals surface area contributed by atoms with Gasteiger partial charge in [0, 0.05) is 0 Å². The molecule has 3 heteroatoms. The van der Waals surface area contributed by atoms with Gasteiger partial charge in [-0.25, -0.2) is 0 Å². The van der Waals surface area contributed by atoms with Gasteiger partial charge >= 0.3 is 0 Å². The summed E-state index contributed by atoms with van der Waals surface area (Å²) in [6.07, 6.45) is -0.581. The van der Waals surface area contributed by atoms with Crippen molar-refractivity contribution in [2.75, 3.05) is 0 Å². The summed E-state index contributed by atoms with van der Waals surface area (Å²) in [5.74, 6) is 1.49. The standard InChI is InChI=1S/C16H17ClO2/c1-10-5-4-6-16(11(10)2)19-13-7-8-14(12(3)18)15(17)9-13/h4-9,12,18H,1-3H3. The smallest absolute Gasteiger partial charge is 0.130 e. The number of hydrogen-bond acceptors (Lipinski definition) is 2. The number of halogens is 1. The van der Waals surface area contributed by atoms with E-state index in [2.05, 4.69) is 0 Å². The van der Waals surface area contributed by atoms with Crippen molar-refractivity contribution in [2.45, 2.75) is 26.9 Å². The topological polar surface area (TPSA) is 29.5 Å². The van der Waals surface area contributed by atoms with Crippen LogP contribution in [-0.4, -0.2) is 5.11 Å². The molecule has 0 aromatic heterocycles. The fourth-order valence-electron chi connectivity index (χ4n) is 1.87. The molecule has 1 atom stereocenters. The van der Waals surface area contributed by atoms with Gasteiger partial charge in [-0.1, -0.05) is 29.8 Å². The normalized spacial score (nSPS) is 12.3. The van der Waals surface area contributed by atoms with Crippen LogP contribution < -0.4 is 4.74 Å². The highest BCUT2D eigenvalue weighted by Crippen LogP contribution is 2.31. The van der Waals surface area contributed by atoms with Crippen LogP contribution in [-0.2, 0) is 0 Å². The molecule has 0 bridgehead atoms. The molecule has 2 nitrogen and oxygen atoms in total. The first-order valence-electron chi connectivity index (χ1n) is 6.20. The molecule has 0 aliphatic carbocycles. The molecule has 19 heavy (non-hydrogen) atoms. The molecule has 2 aromatic carbocycles. The molecule has 0 spiro atoms. The van der Waals surface area contributed by atoms with Gasteiger partial charge in [0.2, 0.25) is 0 Å². The lowest BCUT2D eigenvalue weighted by Gasteiger charge is -2.13. The predicted octanol–water partition coefficient (Wildman–Crippen LogP) is 4.80. The number of ether oxygens (including phenoxy) is 1. The Morgan fingerprint density at radius 1 is 1.16 bits per heavy atom. The molecule has 1 unspecified atom stereocenters. The molecule has 0 radical (unpaired) electrons. The zero-order valence-electron chi connectivity index (χ0n) is 11.3. The second-order valence-electron chi connectivity index (χ2n) is 4.66. The summed E-state index contributed by atoms with van der Waals surface area (Å²) in [7, 11) is 0. The molecule has 2 rings (SSSR count). The second-order valence-corrected chi connectivity index (χ2v) is 5.07. The van der Waals surface area contributed by atoms with Crippen molar-refractivity contribution in [1.29, 1.82) is 0 Å². The second kappa shape index (κ2) is 5.64. The number of aryl methyl sites for hydroxylation is 1. The zero-order chi connectivity index (χ0) is 14.0. The maximum atomic E-state index is 9.54. The van der Waals surface area contributed by atoms with E-state index in [0.29, 0.717) is 16.3 Å². The van der Waals surface area contributed by atoms with Gasteiger partial charge in [-0.05, 0) is 55.7 Å². The van der Waals surface area contributed by atoms with Crippen molar-refractivity contribution < 1.29 is 9.84 Å². The van der Waals surface area contributed by atoms with Crippen molar-refractivity contribution in [3.63, 3.8) is 0 Å². The molecule has 0 heterocycles. The molecule has 0 fully saturated rings.